The largest absolute Gasteiger partial charge is 0.390 e. The summed E-state index contributed by atoms with van der Waals surface area (Å²) in [7, 11) is 0. The van der Waals surface area contributed by atoms with Gasteiger partial charge in [0.2, 0.25) is 0 Å². The highest BCUT2D eigenvalue weighted by Gasteiger charge is 2.39. The molecule has 1 nitrogen and oxygen atoms in total. The average molecular weight is 184 g/mol. The molecule has 78 valence electrons. The minimum Gasteiger partial charge on any atom is -0.390 e. The third kappa shape index (κ3) is 2.25. The Balaban J connectivity index is 2.63. The fourth-order valence-corrected chi connectivity index (χ4v) is 2.55. The van der Waals surface area contributed by atoms with Gasteiger partial charge in [-0.1, -0.05) is 27.7 Å². The molecule has 0 aromatic heterocycles. The quantitative estimate of drug-likeness (QED) is 0.698. The van der Waals surface area contributed by atoms with Crippen molar-refractivity contribution in [3.05, 3.63) is 0 Å². The standard InChI is InChI=1S/C12H24O/c1-5-12(13)8-11(9(2)3)7-6-10(12)4/h9-11,13H,5-8H2,1-4H3/t10-,11-,12+/m0/s1. The Morgan fingerprint density at radius 3 is 2.46 bits per heavy atom. The third-order valence-electron chi connectivity index (χ3n) is 4.06. The van der Waals surface area contributed by atoms with Crippen molar-refractivity contribution in [2.24, 2.45) is 17.8 Å². The van der Waals surface area contributed by atoms with Crippen molar-refractivity contribution in [1.82, 2.24) is 0 Å². The predicted molar refractivity (Wildman–Crippen MR) is 56.6 cm³/mol. The van der Waals surface area contributed by atoms with Crippen LogP contribution in [0.2, 0.25) is 0 Å². The van der Waals surface area contributed by atoms with Crippen LogP contribution in [-0.4, -0.2) is 10.7 Å². The van der Waals surface area contributed by atoms with Gasteiger partial charge in [0.05, 0.1) is 5.60 Å². The summed E-state index contributed by atoms with van der Waals surface area (Å²) in [4.78, 5) is 0. The van der Waals surface area contributed by atoms with Crippen LogP contribution in [0.15, 0.2) is 0 Å². The van der Waals surface area contributed by atoms with E-state index in [1.807, 2.05) is 0 Å². The first-order valence-electron chi connectivity index (χ1n) is 5.72. The smallest absolute Gasteiger partial charge is 0.0673 e. The van der Waals surface area contributed by atoms with Crippen LogP contribution < -0.4 is 0 Å². The maximum Gasteiger partial charge on any atom is 0.0673 e. The van der Waals surface area contributed by atoms with Crippen molar-refractivity contribution in [2.45, 2.75) is 59.0 Å². The van der Waals surface area contributed by atoms with E-state index >= 15 is 0 Å². The number of hydrogen-bond acceptors (Lipinski definition) is 1. The van der Waals surface area contributed by atoms with Gasteiger partial charge in [0.25, 0.3) is 0 Å². The number of rotatable bonds is 2. The minimum absolute atomic E-state index is 0.368. The van der Waals surface area contributed by atoms with Crippen LogP contribution in [0.5, 0.6) is 0 Å². The van der Waals surface area contributed by atoms with Gasteiger partial charge in [-0.2, -0.15) is 0 Å². The Morgan fingerprint density at radius 1 is 1.38 bits per heavy atom. The van der Waals surface area contributed by atoms with Gasteiger partial charge in [-0.05, 0) is 43.4 Å². The molecule has 1 rings (SSSR count). The SMILES string of the molecule is CC[C@@]1(O)C[C@@H](C(C)C)CC[C@@H]1C. The molecule has 0 spiro atoms. The Labute approximate surface area is 82.5 Å². The summed E-state index contributed by atoms with van der Waals surface area (Å²) in [5.41, 5.74) is -0.368. The second-order valence-corrected chi connectivity index (χ2v) is 5.14. The van der Waals surface area contributed by atoms with E-state index in [4.69, 9.17) is 0 Å². The molecule has 1 aliphatic carbocycles. The summed E-state index contributed by atoms with van der Waals surface area (Å²) < 4.78 is 0. The molecule has 1 heteroatoms. The number of aliphatic hydroxyl groups is 1. The lowest BCUT2D eigenvalue weighted by Gasteiger charge is -2.42. The minimum atomic E-state index is -0.368. The highest BCUT2D eigenvalue weighted by atomic mass is 16.3. The van der Waals surface area contributed by atoms with Crippen molar-refractivity contribution in [1.29, 1.82) is 0 Å². The van der Waals surface area contributed by atoms with Gasteiger partial charge in [-0.25, -0.2) is 0 Å². The Kier molecular flexibility index (Phi) is 3.39. The zero-order valence-electron chi connectivity index (χ0n) is 9.51. The molecular weight excluding hydrogens is 160 g/mol. The van der Waals surface area contributed by atoms with Gasteiger partial charge >= 0.3 is 0 Å². The fraction of sp³-hybridized carbons (Fsp3) is 1.00. The molecule has 0 unspecified atom stereocenters. The van der Waals surface area contributed by atoms with E-state index < -0.39 is 0 Å². The molecule has 0 amide bonds. The van der Waals surface area contributed by atoms with E-state index in [9.17, 15) is 5.11 Å². The second kappa shape index (κ2) is 4.00. The maximum atomic E-state index is 10.4. The summed E-state index contributed by atoms with van der Waals surface area (Å²) in [5, 5.41) is 10.4. The lowest BCUT2D eigenvalue weighted by Crippen LogP contribution is -2.42. The van der Waals surface area contributed by atoms with Gasteiger partial charge in [0, 0.05) is 0 Å². The lowest BCUT2D eigenvalue weighted by atomic mass is 9.67. The van der Waals surface area contributed by atoms with Gasteiger partial charge in [-0.3, -0.25) is 0 Å². The molecule has 1 aliphatic rings. The molecule has 13 heavy (non-hydrogen) atoms. The highest BCUT2D eigenvalue weighted by Crippen LogP contribution is 2.41. The van der Waals surface area contributed by atoms with E-state index in [2.05, 4.69) is 27.7 Å². The van der Waals surface area contributed by atoms with E-state index in [0.717, 1.165) is 24.7 Å². The average Bonchev–Trinajstić information content (AvgIpc) is 2.09. The monoisotopic (exact) mass is 184 g/mol. The Bertz CT molecular complexity index is 165. The second-order valence-electron chi connectivity index (χ2n) is 5.14. The normalized spacial score (nSPS) is 41.1. The van der Waals surface area contributed by atoms with Crippen LogP contribution in [0.4, 0.5) is 0 Å². The first kappa shape index (κ1) is 11.0. The van der Waals surface area contributed by atoms with Crippen LogP contribution in [0.3, 0.4) is 0 Å². The Hall–Kier alpha value is -0.0400. The summed E-state index contributed by atoms with van der Waals surface area (Å²) >= 11 is 0. The van der Waals surface area contributed by atoms with E-state index in [-0.39, 0.29) is 5.60 Å². The third-order valence-corrected chi connectivity index (χ3v) is 4.06. The number of hydrogen-bond donors (Lipinski definition) is 1. The van der Waals surface area contributed by atoms with Crippen molar-refractivity contribution in [3.63, 3.8) is 0 Å². The molecule has 0 aliphatic heterocycles. The van der Waals surface area contributed by atoms with Gasteiger partial charge in [0.1, 0.15) is 0 Å². The fourth-order valence-electron chi connectivity index (χ4n) is 2.55. The Morgan fingerprint density at radius 2 is 2.00 bits per heavy atom. The van der Waals surface area contributed by atoms with Crippen LogP contribution in [0.1, 0.15) is 53.4 Å². The topological polar surface area (TPSA) is 20.2 Å². The van der Waals surface area contributed by atoms with Gasteiger partial charge in [-0.15, -0.1) is 0 Å². The van der Waals surface area contributed by atoms with Crippen LogP contribution >= 0.6 is 0 Å². The summed E-state index contributed by atoms with van der Waals surface area (Å²) in [6, 6.07) is 0. The van der Waals surface area contributed by atoms with Crippen molar-refractivity contribution in [2.75, 3.05) is 0 Å². The lowest BCUT2D eigenvalue weighted by molar-refractivity contribution is -0.0688. The molecule has 1 N–H and O–H groups in total. The first-order valence-corrected chi connectivity index (χ1v) is 5.72. The molecule has 0 aromatic carbocycles. The molecule has 1 saturated carbocycles. The summed E-state index contributed by atoms with van der Waals surface area (Å²) in [5.74, 6) is 1.96. The summed E-state index contributed by atoms with van der Waals surface area (Å²) in [6.07, 6.45) is 4.44. The van der Waals surface area contributed by atoms with Gasteiger partial charge < -0.3 is 5.11 Å². The van der Waals surface area contributed by atoms with Crippen molar-refractivity contribution < 1.29 is 5.11 Å². The highest BCUT2D eigenvalue weighted by molar-refractivity contribution is 4.90. The van der Waals surface area contributed by atoms with Crippen LogP contribution in [-0.2, 0) is 0 Å². The molecule has 0 bridgehead atoms. The molecule has 1 fully saturated rings. The zero-order valence-corrected chi connectivity index (χ0v) is 9.51. The molecule has 0 heterocycles. The maximum absolute atomic E-state index is 10.4. The predicted octanol–water partition coefficient (Wildman–Crippen LogP) is 3.22. The van der Waals surface area contributed by atoms with E-state index in [1.54, 1.807) is 0 Å². The van der Waals surface area contributed by atoms with Crippen LogP contribution in [0.25, 0.3) is 0 Å². The van der Waals surface area contributed by atoms with Gasteiger partial charge in [0.15, 0.2) is 0 Å². The summed E-state index contributed by atoms with van der Waals surface area (Å²) in [6.45, 7) is 8.85. The molecular formula is C12H24O. The van der Waals surface area contributed by atoms with Crippen molar-refractivity contribution >= 4 is 0 Å². The zero-order chi connectivity index (χ0) is 10.1. The van der Waals surface area contributed by atoms with Crippen molar-refractivity contribution in [3.8, 4) is 0 Å². The van der Waals surface area contributed by atoms with E-state index in [1.165, 1.54) is 12.8 Å². The first-order chi connectivity index (χ1) is 5.99. The molecule has 0 radical (unpaired) electrons. The van der Waals surface area contributed by atoms with E-state index in [0.29, 0.717) is 5.92 Å². The molecule has 0 aromatic rings. The molecule has 3 atom stereocenters. The molecule has 0 saturated heterocycles. The van der Waals surface area contributed by atoms with Crippen LogP contribution in [0, 0.1) is 17.8 Å².